The molecule has 0 bridgehead atoms. The minimum absolute atomic E-state index is 0.369. The SMILES string of the molecule is Cc1cc(C)c2c(c1)[C@H]1CN(C)CC[C@H]1CC2=O.O=C(O)C=CC(=O)O. The Kier molecular flexibility index (Phi) is 6.32. The van der Waals surface area contributed by atoms with Crippen molar-refractivity contribution in [2.75, 3.05) is 20.1 Å². The fourth-order valence-corrected chi connectivity index (χ4v) is 3.92. The zero-order chi connectivity index (χ0) is 19.4. The third kappa shape index (κ3) is 4.79. The Morgan fingerprint density at radius 1 is 1.15 bits per heavy atom. The minimum Gasteiger partial charge on any atom is -0.478 e. The van der Waals surface area contributed by atoms with Crippen LogP contribution in [0.1, 0.15) is 45.8 Å². The minimum atomic E-state index is -1.26. The van der Waals surface area contributed by atoms with Gasteiger partial charge in [0, 0.05) is 36.6 Å². The molecule has 0 spiro atoms. The molecule has 26 heavy (non-hydrogen) atoms. The zero-order valence-corrected chi connectivity index (χ0v) is 15.4. The topological polar surface area (TPSA) is 94.9 Å². The molecule has 0 radical (unpaired) electrons. The second-order valence-corrected chi connectivity index (χ2v) is 7.10. The molecule has 140 valence electrons. The first kappa shape index (κ1) is 19.8. The van der Waals surface area contributed by atoms with Crippen LogP contribution in [0.25, 0.3) is 0 Å². The molecule has 1 saturated heterocycles. The van der Waals surface area contributed by atoms with Crippen LogP contribution in [0.5, 0.6) is 0 Å². The lowest BCUT2D eigenvalue weighted by molar-refractivity contribution is -0.134. The van der Waals surface area contributed by atoms with Gasteiger partial charge < -0.3 is 15.1 Å². The molecule has 6 nitrogen and oxygen atoms in total. The highest BCUT2D eigenvalue weighted by atomic mass is 16.4. The number of rotatable bonds is 2. The number of aliphatic carboxylic acids is 2. The first-order valence-electron chi connectivity index (χ1n) is 8.65. The van der Waals surface area contributed by atoms with Crippen LogP contribution >= 0.6 is 0 Å². The Labute approximate surface area is 153 Å². The molecule has 0 unspecified atom stereocenters. The number of carboxylic acids is 2. The van der Waals surface area contributed by atoms with Gasteiger partial charge in [0.1, 0.15) is 0 Å². The lowest BCUT2D eigenvalue weighted by atomic mass is 9.70. The summed E-state index contributed by atoms with van der Waals surface area (Å²) in [6.07, 6.45) is 3.04. The van der Waals surface area contributed by atoms with Crippen LogP contribution in [0, 0.1) is 19.8 Å². The maximum absolute atomic E-state index is 12.3. The summed E-state index contributed by atoms with van der Waals surface area (Å²) < 4.78 is 0. The third-order valence-electron chi connectivity index (χ3n) is 4.96. The Morgan fingerprint density at radius 2 is 1.77 bits per heavy atom. The molecule has 2 atom stereocenters. The van der Waals surface area contributed by atoms with Crippen LogP contribution in [0.15, 0.2) is 24.3 Å². The lowest BCUT2D eigenvalue weighted by Gasteiger charge is -2.41. The van der Waals surface area contributed by atoms with E-state index in [2.05, 4.69) is 37.9 Å². The summed E-state index contributed by atoms with van der Waals surface area (Å²) in [5, 5.41) is 15.6. The first-order valence-corrected chi connectivity index (χ1v) is 8.65. The number of carbonyl (C=O) groups is 3. The van der Waals surface area contributed by atoms with Crippen molar-refractivity contribution in [3.8, 4) is 0 Å². The van der Waals surface area contributed by atoms with E-state index < -0.39 is 11.9 Å². The van der Waals surface area contributed by atoms with Gasteiger partial charge in [-0.25, -0.2) is 9.59 Å². The van der Waals surface area contributed by atoms with Crippen molar-refractivity contribution in [3.63, 3.8) is 0 Å². The molecule has 2 N–H and O–H groups in total. The summed E-state index contributed by atoms with van der Waals surface area (Å²) in [4.78, 5) is 33.8. The molecule has 1 aromatic carbocycles. The molecule has 1 aliphatic carbocycles. The second-order valence-electron chi connectivity index (χ2n) is 7.10. The number of likely N-dealkylation sites (N-methyl/N-ethyl adjacent to an activating group) is 1. The maximum atomic E-state index is 12.3. The van der Waals surface area contributed by atoms with Gasteiger partial charge >= 0.3 is 11.9 Å². The summed E-state index contributed by atoms with van der Waals surface area (Å²) in [6.45, 7) is 6.45. The standard InChI is InChI=1S/C16H21NO.C4H4O4/c1-10-6-11(2)16-13(7-10)14-9-17(3)5-4-12(14)8-15(16)18;5-3(6)1-2-4(7)8/h6-7,12,14H,4-5,8-9H2,1-3H3;1-2H,(H,5,6)(H,7,8)/t12-,14-;/m0./s1. The van der Waals surface area contributed by atoms with E-state index in [1.165, 1.54) is 23.1 Å². The van der Waals surface area contributed by atoms with Gasteiger partial charge in [0.25, 0.3) is 0 Å². The smallest absolute Gasteiger partial charge is 0.328 e. The number of carbonyl (C=O) groups excluding carboxylic acids is 1. The number of hydrogen-bond acceptors (Lipinski definition) is 4. The van der Waals surface area contributed by atoms with E-state index in [1.807, 2.05) is 0 Å². The number of ketones is 1. The predicted octanol–water partition coefficient (Wildman–Crippen LogP) is 2.64. The summed E-state index contributed by atoms with van der Waals surface area (Å²) in [5.74, 6) is -1.01. The third-order valence-corrected chi connectivity index (χ3v) is 4.96. The van der Waals surface area contributed by atoms with E-state index in [0.29, 0.717) is 29.8 Å². The number of nitrogens with zero attached hydrogens (tertiary/aromatic N) is 1. The molecule has 1 heterocycles. The Bertz CT molecular complexity index is 737. The van der Waals surface area contributed by atoms with Gasteiger partial charge in [0.15, 0.2) is 5.78 Å². The van der Waals surface area contributed by atoms with E-state index >= 15 is 0 Å². The lowest BCUT2D eigenvalue weighted by Crippen LogP contribution is -2.40. The molecule has 3 rings (SSSR count). The van der Waals surface area contributed by atoms with Gasteiger partial charge in [-0.05, 0) is 50.9 Å². The molecule has 0 aromatic heterocycles. The summed E-state index contributed by atoms with van der Waals surface area (Å²) in [6, 6.07) is 4.39. The van der Waals surface area contributed by atoms with E-state index in [9.17, 15) is 14.4 Å². The molecular weight excluding hydrogens is 334 g/mol. The van der Waals surface area contributed by atoms with Gasteiger partial charge in [0.05, 0.1) is 0 Å². The molecule has 0 amide bonds. The number of benzene rings is 1. The number of Topliss-reactive ketones (excluding diaryl/α,β-unsaturated/α-hetero) is 1. The largest absolute Gasteiger partial charge is 0.478 e. The fraction of sp³-hybridized carbons (Fsp3) is 0.450. The number of likely N-dealkylation sites (tertiary alicyclic amines) is 1. The Morgan fingerprint density at radius 3 is 2.35 bits per heavy atom. The summed E-state index contributed by atoms with van der Waals surface area (Å²) in [5.41, 5.74) is 4.80. The summed E-state index contributed by atoms with van der Waals surface area (Å²) in [7, 11) is 2.19. The van der Waals surface area contributed by atoms with E-state index in [-0.39, 0.29) is 0 Å². The van der Waals surface area contributed by atoms with E-state index in [1.54, 1.807) is 0 Å². The van der Waals surface area contributed by atoms with Crippen molar-refractivity contribution in [1.82, 2.24) is 4.90 Å². The van der Waals surface area contributed by atoms with Crippen LogP contribution in [0.4, 0.5) is 0 Å². The molecule has 2 aliphatic rings. The first-order chi connectivity index (χ1) is 12.2. The number of fused-ring (bicyclic) bond motifs is 3. The maximum Gasteiger partial charge on any atom is 0.328 e. The van der Waals surface area contributed by atoms with Gasteiger partial charge in [-0.15, -0.1) is 0 Å². The molecule has 1 aromatic rings. The summed E-state index contributed by atoms with van der Waals surface area (Å²) >= 11 is 0. The zero-order valence-electron chi connectivity index (χ0n) is 15.4. The molecule has 6 heteroatoms. The van der Waals surface area contributed by atoms with Crippen molar-refractivity contribution >= 4 is 17.7 Å². The average molecular weight is 359 g/mol. The van der Waals surface area contributed by atoms with Crippen LogP contribution in [0.3, 0.4) is 0 Å². The highest BCUT2D eigenvalue weighted by molar-refractivity contribution is 6.00. The van der Waals surface area contributed by atoms with Crippen molar-refractivity contribution < 1.29 is 24.6 Å². The Hall–Kier alpha value is -2.47. The molecule has 1 aliphatic heterocycles. The monoisotopic (exact) mass is 359 g/mol. The van der Waals surface area contributed by atoms with Crippen molar-refractivity contribution in [2.45, 2.75) is 32.6 Å². The second kappa shape index (κ2) is 8.27. The normalized spacial score (nSPS) is 22.2. The molecular formula is C20H25NO5. The number of aryl methyl sites for hydroxylation is 2. The highest BCUT2D eigenvalue weighted by Gasteiger charge is 2.37. The number of piperidine rings is 1. The van der Waals surface area contributed by atoms with Gasteiger partial charge in [-0.3, -0.25) is 4.79 Å². The predicted molar refractivity (Wildman–Crippen MR) is 97.6 cm³/mol. The number of hydrogen-bond donors (Lipinski definition) is 2. The average Bonchev–Trinajstić information content (AvgIpc) is 2.53. The quantitative estimate of drug-likeness (QED) is 0.788. The van der Waals surface area contributed by atoms with E-state index in [0.717, 1.165) is 25.1 Å². The number of carboxylic acid groups (broad SMARTS) is 2. The van der Waals surface area contributed by atoms with E-state index in [4.69, 9.17) is 10.2 Å². The molecule has 0 saturated carbocycles. The van der Waals surface area contributed by atoms with Crippen LogP contribution in [0.2, 0.25) is 0 Å². The molecule has 1 fully saturated rings. The van der Waals surface area contributed by atoms with Crippen molar-refractivity contribution in [1.29, 1.82) is 0 Å². The van der Waals surface area contributed by atoms with Crippen LogP contribution in [-0.2, 0) is 9.59 Å². The van der Waals surface area contributed by atoms with Crippen LogP contribution < -0.4 is 0 Å². The fourth-order valence-electron chi connectivity index (χ4n) is 3.92. The van der Waals surface area contributed by atoms with Gasteiger partial charge in [-0.1, -0.05) is 17.7 Å². The van der Waals surface area contributed by atoms with Gasteiger partial charge in [0.2, 0.25) is 0 Å². The highest BCUT2D eigenvalue weighted by Crippen LogP contribution is 2.42. The van der Waals surface area contributed by atoms with Gasteiger partial charge in [-0.2, -0.15) is 0 Å². The van der Waals surface area contributed by atoms with Crippen molar-refractivity contribution in [3.05, 3.63) is 46.5 Å². The Balaban J connectivity index is 0.000000260. The van der Waals surface area contributed by atoms with Crippen LogP contribution in [-0.4, -0.2) is 53.0 Å². The van der Waals surface area contributed by atoms with Crippen molar-refractivity contribution in [2.24, 2.45) is 5.92 Å².